The van der Waals surface area contributed by atoms with E-state index in [-0.39, 0.29) is 34.7 Å². The first-order valence-electron chi connectivity index (χ1n) is 9.83. The maximum Gasteiger partial charge on any atom is 0.289 e. The molecule has 152 valence electrons. The predicted octanol–water partition coefficient (Wildman–Crippen LogP) is 3.28. The van der Waals surface area contributed by atoms with Crippen LogP contribution >= 0.6 is 0 Å². The fourth-order valence-corrected chi connectivity index (χ4v) is 4.60. The maximum absolute atomic E-state index is 13.1. The molecule has 0 unspecified atom stereocenters. The predicted molar refractivity (Wildman–Crippen MR) is 108 cm³/mol. The van der Waals surface area contributed by atoms with Crippen molar-refractivity contribution < 1.29 is 14.1 Å². The number of hydrogen-bond donors (Lipinski definition) is 0. The molecule has 1 aromatic carbocycles. The average molecular weight is 405 g/mol. The second kappa shape index (κ2) is 6.98. The molecule has 1 saturated heterocycles. The molecule has 0 spiro atoms. The number of aromatic nitrogens is 1. The molecule has 8 heteroatoms. The summed E-state index contributed by atoms with van der Waals surface area (Å²) in [4.78, 5) is 37.6. The van der Waals surface area contributed by atoms with Gasteiger partial charge in [-0.3, -0.25) is 19.7 Å². The Kier molecular flexibility index (Phi) is 4.27. The van der Waals surface area contributed by atoms with Gasteiger partial charge >= 0.3 is 0 Å². The minimum Gasteiger partial charge on any atom is -0.451 e. The summed E-state index contributed by atoms with van der Waals surface area (Å²) in [6, 6.07) is 14.7. The van der Waals surface area contributed by atoms with Crippen LogP contribution in [0.1, 0.15) is 28.6 Å². The van der Waals surface area contributed by atoms with E-state index < -0.39 is 4.92 Å². The number of fused-ring (bicyclic) bond motifs is 4. The highest BCUT2D eigenvalue weighted by Crippen LogP contribution is 2.36. The van der Waals surface area contributed by atoms with Crippen molar-refractivity contribution in [2.24, 2.45) is 5.92 Å². The zero-order chi connectivity index (χ0) is 20.8. The van der Waals surface area contributed by atoms with Gasteiger partial charge in [0.2, 0.25) is 0 Å². The van der Waals surface area contributed by atoms with Crippen molar-refractivity contribution in [3.8, 4) is 11.3 Å². The van der Waals surface area contributed by atoms with Crippen LogP contribution in [0.15, 0.2) is 63.8 Å². The summed E-state index contributed by atoms with van der Waals surface area (Å²) in [6.45, 7) is 1.72. The van der Waals surface area contributed by atoms with Gasteiger partial charge in [0.15, 0.2) is 5.76 Å². The Balaban J connectivity index is 1.38. The number of piperidine rings is 1. The second-order valence-corrected chi connectivity index (χ2v) is 7.88. The Hall–Kier alpha value is -3.68. The number of pyridine rings is 1. The lowest BCUT2D eigenvalue weighted by atomic mass is 9.83. The van der Waals surface area contributed by atoms with Crippen LogP contribution in [0.25, 0.3) is 11.3 Å². The standard InChI is InChI=1S/C22H19N3O5/c26-21-6-2-5-18-16-9-14(12-24(18)21)11-23(13-16)22(27)20-8-7-19(30-20)15-3-1-4-17(10-15)25(28)29/h1-8,10,14,16H,9,11-13H2/t14-,16-/m1/s1. The molecule has 2 bridgehead atoms. The molecular formula is C22H19N3O5. The number of non-ortho nitro benzene ring substituents is 1. The fourth-order valence-electron chi connectivity index (χ4n) is 4.60. The fraction of sp³-hybridized carbons (Fsp3) is 0.273. The molecule has 4 heterocycles. The van der Waals surface area contributed by atoms with Crippen LogP contribution in [-0.2, 0) is 6.54 Å². The quantitative estimate of drug-likeness (QED) is 0.492. The number of likely N-dealkylation sites (tertiary alicyclic amines) is 1. The summed E-state index contributed by atoms with van der Waals surface area (Å²) >= 11 is 0. The Labute approximate surface area is 171 Å². The lowest BCUT2D eigenvalue weighted by Gasteiger charge is -2.42. The van der Waals surface area contributed by atoms with E-state index in [0.717, 1.165) is 12.1 Å². The highest BCUT2D eigenvalue weighted by atomic mass is 16.6. The van der Waals surface area contributed by atoms with Crippen LogP contribution in [-0.4, -0.2) is 33.4 Å². The van der Waals surface area contributed by atoms with Crippen LogP contribution in [0.4, 0.5) is 5.69 Å². The summed E-state index contributed by atoms with van der Waals surface area (Å²) in [6.07, 6.45) is 0.963. The van der Waals surface area contributed by atoms with Crippen LogP contribution in [0.2, 0.25) is 0 Å². The third-order valence-corrected chi connectivity index (χ3v) is 5.93. The van der Waals surface area contributed by atoms with Crippen LogP contribution in [0.3, 0.4) is 0 Å². The maximum atomic E-state index is 13.1. The molecule has 0 N–H and O–H groups in total. The molecule has 0 saturated carbocycles. The summed E-state index contributed by atoms with van der Waals surface area (Å²) in [5.41, 5.74) is 1.50. The van der Waals surface area contributed by atoms with Crippen molar-refractivity contribution in [1.82, 2.24) is 9.47 Å². The molecule has 1 fully saturated rings. The Morgan fingerprint density at radius 3 is 2.73 bits per heavy atom. The Morgan fingerprint density at radius 1 is 1.07 bits per heavy atom. The number of nitro benzene ring substituents is 1. The van der Waals surface area contributed by atoms with Crippen molar-refractivity contribution in [3.63, 3.8) is 0 Å². The first-order chi connectivity index (χ1) is 14.5. The van der Waals surface area contributed by atoms with E-state index in [1.807, 2.05) is 10.6 Å². The van der Waals surface area contributed by atoms with E-state index in [0.29, 0.717) is 31.0 Å². The van der Waals surface area contributed by atoms with E-state index in [9.17, 15) is 19.7 Å². The van der Waals surface area contributed by atoms with Gasteiger partial charge in [0, 0.05) is 55.0 Å². The summed E-state index contributed by atoms with van der Waals surface area (Å²) < 4.78 is 7.59. The van der Waals surface area contributed by atoms with Crippen LogP contribution in [0.5, 0.6) is 0 Å². The number of furan rings is 1. The largest absolute Gasteiger partial charge is 0.451 e. The van der Waals surface area contributed by atoms with Gasteiger partial charge in [0.25, 0.3) is 17.2 Å². The highest BCUT2D eigenvalue weighted by molar-refractivity contribution is 5.92. The Bertz CT molecular complexity index is 1210. The average Bonchev–Trinajstić information content (AvgIpc) is 3.24. The van der Waals surface area contributed by atoms with Gasteiger partial charge in [-0.25, -0.2) is 0 Å². The number of rotatable bonds is 3. The number of hydrogen-bond acceptors (Lipinski definition) is 5. The highest BCUT2D eigenvalue weighted by Gasteiger charge is 2.37. The van der Waals surface area contributed by atoms with E-state index in [4.69, 9.17) is 4.42 Å². The van der Waals surface area contributed by atoms with Gasteiger partial charge in [-0.15, -0.1) is 0 Å². The molecule has 2 aliphatic rings. The van der Waals surface area contributed by atoms with Gasteiger partial charge in [0.1, 0.15) is 5.76 Å². The molecule has 1 amide bonds. The topological polar surface area (TPSA) is 98.6 Å². The van der Waals surface area contributed by atoms with Crippen LogP contribution in [0, 0.1) is 16.0 Å². The van der Waals surface area contributed by atoms with Crippen molar-refractivity contribution in [2.75, 3.05) is 13.1 Å². The lowest BCUT2D eigenvalue weighted by Crippen LogP contribution is -2.49. The second-order valence-electron chi connectivity index (χ2n) is 7.88. The van der Waals surface area contributed by atoms with Crippen molar-refractivity contribution in [1.29, 1.82) is 0 Å². The van der Waals surface area contributed by atoms with Gasteiger partial charge in [-0.05, 0) is 30.5 Å². The van der Waals surface area contributed by atoms with E-state index >= 15 is 0 Å². The van der Waals surface area contributed by atoms with Gasteiger partial charge < -0.3 is 13.9 Å². The molecule has 3 aromatic rings. The number of amides is 1. The van der Waals surface area contributed by atoms with Crippen molar-refractivity contribution in [2.45, 2.75) is 18.9 Å². The summed E-state index contributed by atoms with van der Waals surface area (Å²) in [5, 5.41) is 11.0. The first kappa shape index (κ1) is 18.4. The Morgan fingerprint density at radius 2 is 1.90 bits per heavy atom. The van der Waals surface area contributed by atoms with E-state index in [1.165, 1.54) is 12.1 Å². The number of carbonyl (C=O) groups excluding carboxylic acids is 1. The van der Waals surface area contributed by atoms with Gasteiger partial charge in [-0.2, -0.15) is 0 Å². The summed E-state index contributed by atoms with van der Waals surface area (Å²) in [5.74, 6) is 0.777. The van der Waals surface area contributed by atoms with E-state index in [2.05, 4.69) is 0 Å². The molecular weight excluding hydrogens is 386 g/mol. The minimum absolute atomic E-state index is 0.00890. The van der Waals surface area contributed by atoms with Crippen LogP contribution < -0.4 is 5.56 Å². The molecule has 2 aliphatic heterocycles. The molecule has 5 rings (SSSR count). The van der Waals surface area contributed by atoms with Gasteiger partial charge in [0.05, 0.1) is 4.92 Å². The molecule has 30 heavy (non-hydrogen) atoms. The zero-order valence-electron chi connectivity index (χ0n) is 16.1. The molecule has 0 radical (unpaired) electrons. The molecule has 2 aromatic heterocycles. The van der Waals surface area contributed by atoms with Crippen molar-refractivity contribution in [3.05, 3.63) is 86.5 Å². The third kappa shape index (κ3) is 3.10. The minimum atomic E-state index is -0.464. The smallest absolute Gasteiger partial charge is 0.289 e. The summed E-state index contributed by atoms with van der Waals surface area (Å²) in [7, 11) is 0. The number of nitrogens with zero attached hydrogens (tertiary/aromatic N) is 3. The number of carbonyl (C=O) groups is 1. The number of nitro groups is 1. The van der Waals surface area contributed by atoms with Crippen molar-refractivity contribution >= 4 is 11.6 Å². The molecule has 8 nitrogen and oxygen atoms in total. The monoisotopic (exact) mass is 405 g/mol. The van der Waals surface area contributed by atoms with Gasteiger partial charge in [-0.1, -0.05) is 18.2 Å². The number of benzene rings is 1. The molecule has 2 atom stereocenters. The third-order valence-electron chi connectivity index (χ3n) is 5.93. The normalized spacial score (nSPS) is 19.9. The first-order valence-corrected chi connectivity index (χ1v) is 9.83. The zero-order valence-corrected chi connectivity index (χ0v) is 16.1. The SMILES string of the molecule is O=C(c1ccc(-c2cccc([N+](=O)[O-])c2)o1)N1C[C@H]2C[C@H](C1)c1cccc(=O)n1C2. The lowest BCUT2D eigenvalue weighted by molar-refractivity contribution is -0.384. The molecule has 0 aliphatic carbocycles. The van der Waals surface area contributed by atoms with E-state index in [1.54, 1.807) is 41.3 Å².